The van der Waals surface area contributed by atoms with E-state index in [1.807, 2.05) is 20.0 Å². The van der Waals surface area contributed by atoms with Crippen molar-refractivity contribution in [2.24, 2.45) is 28.5 Å². The van der Waals surface area contributed by atoms with E-state index in [0.29, 0.717) is 37.8 Å². The van der Waals surface area contributed by atoms with Crippen molar-refractivity contribution >= 4 is 23.5 Å². The second-order valence-corrected chi connectivity index (χ2v) is 11.2. The molecule has 0 spiro atoms. The van der Waals surface area contributed by atoms with Gasteiger partial charge in [0, 0.05) is 38.0 Å². The molecule has 4 aliphatic rings. The zero-order valence-electron chi connectivity index (χ0n) is 23.1. The van der Waals surface area contributed by atoms with E-state index in [2.05, 4.69) is 26.3 Å². The molecule has 0 aromatic carbocycles. The third-order valence-corrected chi connectivity index (χ3v) is 8.90. The number of piperidine rings is 1. The fourth-order valence-corrected chi connectivity index (χ4v) is 6.80. The molecule has 6 N–H and O–H groups in total. The van der Waals surface area contributed by atoms with Crippen LogP contribution in [-0.4, -0.2) is 81.3 Å². The van der Waals surface area contributed by atoms with Crippen molar-refractivity contribution in [2.75, 3.05) is 34.4 Å². The average molecular weight is 533 g/mol. The maximum absolute atomic E-state index is 13.7. The minimum atomic E-state index is -1.80. The maximum Gasteiger partial charge on any atom is 0.349 e. The number of fused-ring (bicyclic) bond motifs is 2. The second kappa shape index (κ2) is 11.8. The average Bonchev–Trinajstić information content (AvgIpc) is 3.65. The Bertz CT molecular complexity index is 985. The Morgan fingerprint density at radius 1 is 1.26 bits per heavy atom. The molecular formula is C27H44N6O5. The van der Waals surface area contributed by atoms with Crippen LogP contribution in [0.15, 0.2) is 16.6 Å². The summed E-state index contributed by atoms with van der Waals surface area (Å²) >= 11 is 0. The Balaban J connectivity index is 1.52. The number of ketones is 2. The predicted octanol–water partition coefficient (Wildman–Crippen LogP) is 0.347. The summed E-state index contributed by atoms with van der Waals surface area (Å²) in [5.41, 5.74) is 3.85. The molecule has 7 atom stereocenters. The highest BCUT2D eigenvalue weighted by molar-refractivity contribution is 6.23. The van der Waals surface area contributed by atoms with Crippen LogP contribution in [0.4, 0.5) is 0 Å². The number of carbonyl (C=O) groups is 3. The summed E-state index contributed by atoms with van der Waals surface area (Å²) in [5, 5.41) is 13.5. The van der Waals surface area contributed by atoms with Crippen LogP contribution >= 0.6 is 0 Å². The minimum absolute atomic E-state index is 0.0327. The summed E-state index contributed by atoms with van der Waals surface area (Å²) in [6, 6.07) is 0.0327. The Kier molecular flexibility index (Phi) is 8.91. The molecule has 2 aliphatic carbocycles. The highest BCUT2D eigenvalue weighted by Gasteiger charge is 2.86. The molecule has 2 saturated carbocycles. The summed E-state index contributed by atoms with van der Waals surface area (Å²) in [5.74, 6) is -1.27. The van der Waals surface area contributed by atoms with Crippen LogP contribution in [-0.2, 0) is 23.9 Å². The number of hydrogen-bond donors (Lipinski definition) is 5. The van der Waals surface area contributed by atoms with Gasteiger partial charge in [0.25, 0.3) is 5.60 Å². The van der Waals surface area contributed by atoms with Gasteiger partial charge in [0.05, 0.1) is 13.3 Å². The number of epoxide rings is 1. The first kappa shape index (κ1) is 28.7. The van der Waals surface area contributed by atoms with Crippen LogP contribution in [0.25, 0.3) is 0 Å². The number of Topliss-reactive ketones (excluding diaryl/α,β-unsaturated/α-hetero) is 2. The lowest BCUT2D eigenvalue weighted by Gasteiger charge is -2.37. The lowest BCUT2D eigenvalue weighted by molar-refractivity contribution is -0.156. The number of carbonyl (C=O) groups excluding carboxylic acids is 3. The summed E-state index contributed by atoms with van der Waals surface area (Å²) in [6.45, 7) is 3.59. The van der Waals surface area contributed by atoms with E-state index in [0.717, 1.165) is 37.8 Å². The number of nitrogens with zero attached hydrogens (tertiary/aromatic N) is 1. The quantitative estimate of drug-likeness (QED) is 0.0505. The Labute approximate surface area is 225 Å². The highest BCUT2D eigenvalue weighted by Crippen LogP contribution is 2.61. The van der Waals surface area contributed by atoms with Crippen LogP contribution in [0.2, 0.25) is 0 Å². The van der Waals surface area contributed by atoms with Gasteiger partial charge >= 0.3 is 5.97 Å². The monoisotopic (exact) mass is 532 g/mol. The number of guanidine groups is 1. The van der Waals surface area contributed by atoms with Crippen molar-refractivity contribution in [3.05, 3.63) is 11.6 Å². The van der Waals surface area contributed by atoms with E-state index < -0.39 is 23.1 Å². The van der Waals surface area contributed by atoms with E-state index in [-0.39, 0.29) is 36.1 Å². The molecule has 2 saturated heterocycles. The summed E-state index contributed by atoms with van der Waals surface area (Å²) in [7, 11) is 4.80. The van der Waals surface area contributed by atoms with Crippen LogP contribution in [0.3, 0.4) is 0 Å². The lowest BCUT2D eigenvalue weighted by Crippen LogP contribution is -2.58. The van der Waals surface area contributed by atoms with Gasteiger partial charge in [-0.25, -0.2) is 4.79 Å². The standard InChI is InChI=1S/C27H44N6O5/c1-16(13-20(33-25(28)30-3)17-10-12-31-21(14-17)32-15-29-2)9-11-26-22(34)18-7-5-6-8-19(18)23(35)27(26,38-26)24(36)37-4/h9,17-21,29,31-32H,5-8,10-15H2,1-4H3,(H3,28,30,33). The maximum atomic E-state index is 13.7. The number of aliphatic imine (C=N–C) groups is 1. The Morgan fingerprint density at radius 2 is 1.97 bits per heavy atom. The van der Waals surface area contributed by atoms with Gasteiger partial charge in [-0.1, -0.05) is 24.5 Å². The van der Waals surface area contributed by atoms with Crippen LogP contribution in [0.5, 0.6) is 0 Å². The number of ether oxygens (including phenoxy) is 2. The first-order valence-corrected chi connectivity index (χ1v) is 13.9. The molecule has 38 heavy (non-hydrogen) atoms. The molecule has 0 radical (unpaired) electrons. The predicted molar refractivity (Wildman–Crippen MR) is 143 cm³/mol. The van der Waals surface area contributed by atoms with Gasteiger partial charge in [0.2, 0.25) is 0 Å². The normalized spacial score (nSPS) is 36.2. The molecule has 0 aromatic rings. The van der Waals surface area contributed by atoms with E-state index in [1.165, 1.54) is 7.11 Å². The van der Waals surface area contributed by atoms with Gasteiger partial charge in [-0.3, -0.25) is 19.9 Å². The number of nitrogens with one attached hydrogen (secondary N) is 4. The molecule has 0 aromatic heterocycles. The highest BCUT2D eigenvalue weighted by atomic mass is 16.7. The van der Waals surface area contributed by atoms with Gasteiger partial charge in [-0.05, 0) is 58.5 Å². The first-order chi connectivity index (χ1) is 18.2. The number of methoxy groups -OCH3 is 1. The number of esters is 1. The SMILES string of the molecule is CN=C(N)NC(CC(C)=CCC12OC1(C(=O)OC)C(=O)C1CCCCC1C2=O)C1CCNC(NCNC)C1. The van der Waals surface area contributed by atoms with Crippen LogP contribution in [0, 0.1) is 17.8 Å². The molecular weight excluding hydrogens is 488 g/mol. The van der Waals surface area contributed by atoms with E-state index in [4.69, 9.17) is 15.2 Å². The molecule has 11 nitrogen and oxygen atoms in total. The fourth-order valence-electron chi connectivity index (χ4n) is 6.80. The van der Waals surface area contributed by atoms with Crippen molar-refractivity contribution < 1.29 is 23.9 Å². The topological polar surface area (TPSA) is 159 Å². The van der Waals surface area contributed by atoms with Gasteiger partial charge in [0.15, 0.2) is 23.1 Å². The number of nitrogens with two attached hydrogens (primary N) is 1. The Morgan fingerprint density at radius 3 is 2.63 bits per heavy atom. The molecule has 4 rings (SSSR count). The minimum Gasteiger partial charge on any atom is -0.466 e. The third kappa shape index (κ3) is 5.13. The van der Waals surface area contributed by atoms with Crippen LogP contribution < -0.4 is 27.0 Å². The van der Waals surface area contributed by atoms with Crippen molar-refractivity contribution in [1.29, 1.82) is 0 Å². The molecule has 2 aliphatic heterocycles. The zero-order chi connectivity index (χ0) is 27.5. The number of hydrogen-bond acceptors (Lipinski definition) is 9. The summed E-state index contributed by atoms with van der Waals surface area (Å²) in [4.78, 5) is 44.2. The van der Waals surface area contributed by atoms with Crippen molar-refractivity contribution in [2.45, 2.75) is 81.7 Å². The van der Waals surface area contributed by atoms with Crippen molar-refractivity contribution in [3.63, 3.8) is 0 Å². The summed E-state index contributed by atoms with van der Waals surface area (Å²) in [6.07, 6.45) is 7.95. The first-order valence-electron chi connectivity index (χ1n) is 13.9. The van der Waals surface area contributed by atoms with E-state index in [1.54, 1.807) is 7.05 Å². The molecule has 2 heterocycles. The molecule has 0 bridgehead atoms. The van der Waals surface area contributed by atoms with Gasteiger partial charge < -0.3 is 31.2 Å². The third-order valence-electron chi connectivity index (χ3n) is 8.90. The van der Waals surface area contributed by atoms with Crippen molar-refractivity contribution in [1.82, 2.24) is 21.3 Å². The molecule has 212 valence electrons. The van der Waals surface area contributed by atoms with Crippen LogP contribution in [0.1, 0.15) is 58.3 Å². The molecule has 4 fully saturated rings. The van der Waals surface area contributed by atoms with E-state index in [9.17, 15) is 14.4 Å². The van der Waals surface area contributed by atoms with Gasteiger partial charge in [0.1, 0.15) is 0 Å². The zero-order valence-corrected chi connectivity index (χ0v) is 23.1. The lowest BCUT2D eigenvalue weighted by atomic mass is 9.61. The molecule has 7 unspecified atom stereocenters. The van der Waals surface area contributed by atoms with Gasteiger partial charge in [-0.15, -0.1) is 0 Å². The van der Waals surface area contributed by atoms with Crippen molar-refractivity contribution in [3.8, 4) is 0 Å². The largest absolute Gasteiger partial charge is 0.466 e. The molecule has 0 amide bonds. The molecule has 11 heteroatoms. The summed E-state index contributed by atoms with van der Waals surface area (Å²) < 4.78 is 10.9. The Hall–Kier alpha value is -2.34. The number of rotatable bonds is 10. The second-order valence-electron chi connectivity index (χ2n) is 11.2. The smallest absolute Gasteiger partial charge is 0.349 e. The van der Waals surface area contributed by atoms with Gasteiger partial charge in [-0.2, -0.15) is 0 Å². The fraction of sp³-hybridized carbons (Fsp3) is 0.778. The van der Waals surface area contributed by atoms with E-state index >= 15 is 0 Å².